The van der Waals surface area contributed by atoms with E-state index in [4.69, 9.17) is 4.74 Å². The monoisotopic (exact) mass is 362 g/mol. The van der Waals surface area contributed by atoms with Crippen LogP contribution in [0.25, 0.3) is 10.6 Å². The first-order valence-electron chi connectivity index (χ1n) is 7.39. The van der Waals surface area contributed by atoms with Crippen LogP contribution in [0, 0.1) is 6.92 Å². The van der Waals surface area contributed by atoms with Crippen LogP contribution in [0.1, 0.15) is 29.3 Å². The van der Waals surface area contributed by atoms with Crippen molar-refractivity contribution >= 4 is 33.6 Å². The molecule has 3 aromatic heterocycles. The predicted molar refractivity (Wildman–Crippen MR) is 96.8 cm³/mol. The summed E-state index contributed by atoms with van der Waals surface area (Å²) in [6, 6.07) is 3.92. The number of hydrogen-bond acceptors (Lipinski definition) is 8. The number of nitrogens with one attached hydrogen (secondary N) is 1. The molecule has 0 bridgehead atoms. The van der Waals surface area contributed by atoms with E-state index in [1.807, 2.05) is 30.6 Å². The van der Waals surface area contributed by atoms with Gasteiger partial charge in [0.25, 0.3) is 0 Å². The summed E-state index contributed by atoms with van der Waals surface area (Å²) >= 11 is 2.94. The topological polar surface area (TPSA) is 80.2 Å². The summed E-state index contributed by atoms with van der Waals surface area (Å²) in [6.45, 7) is 4.09. The van der Waals surface area contributed by atoms with Gasteiger partial charge in [0.15, 0.2) is 5.13 Å². The van der Waals surface area contributed by atoms with E-state index >= 15 is 0 Å². The molecule has 0 spiro atoms. The highest BCUT2D eigenvalue weighted by atomic mass is 32.1. The minimum atomic E-state index is -0.604. The Kier molecular flexibility index (Phi) is 5.20. The first-order valence-corrected chi connectivity index (χ1v) is 9.08. The normalized spacial score (nSPS) is 12.3. The molecule has 8 heteroatoms. The molecule has 0 aromatic carbocycles. The van der Waals surface area contributed by atoms with E-state index in [-0.39, 0.29) is 0 Å². The second kappa shape index (κ2) is 7.35. The molecule has 0 saturated heterocycles. The van der Waals surface area contributed by atoms with Gasteiger partial charge >= 0.3 is 0 Å². The molecule has 1 unspecified atom stereocenters. The summed E-state index contributed by atoms with van der Waals surface area (Å²) in [5, 5.41) is 16.4. The van der Waals surface area contributed by atoms with E-state index in [9.17, 15) is 5.11 Å². The van der Waals surface area contributed by atoms with Crippen LogP contribution in [0.3, 0.4) is 0 Å². The molecule has 0 radical (unpaired) electrons. The third-order valence-electron chi connectivity index (χ3n) is 3.24. The maximum Gasteiger partial charge on any atom is 0.188 e. The van der Waals surface area contributed by atoms with Crippen molar-refractivity contribution in [3.05, 3.63) is 40.0 Å². The zero-order valence-corrected chi connectivity index (χ0v) is 15.2. The van der Waals surface area contributed by atoms with Crippen molar-refractivity contribution in [1.29, 1.82) is 0 Å². The molecule has 0 saturated carbocycles. The highest BCUT2D eigenvalue weighted by Gasteiger charge is 2.18. The lowest BCUT2D eigenvalue weighted by Gasteiger charge is -2.01. The van der Waals surface area contributed by atoms with Crippen molar-refractivity contribution in [2.75, 3.05) is 12.4 Å². The number of aryl methyl sites for hydroxylation is 1. The number of nitrogens with zero attached hydrogens (tertiary/aromatic N) is 3. The molecule has 0 amide bonds. The maximum atomic E-state index is 9.77. The molecule has 0 aliphatic heterocycles. The Balaban J connectivity index is 1.85. The van der Waals surface area contributed by atoms with Crippen LogP contribution in [0.4, 0.5) is 10.9 Å². The second-order valence-electron chi connectivity index (χ2n) is 5.32. The number of anilines is 2. The summed E-state index contributed by atoms with van der Waals surface area (Å²) in [5.41, 5.74) is 2.73. The van der Waals surface area contributed by atoms with E-state index in [2.05, 4.69) is 20.3 Å². The smallest absolute Gasteiger partial charge is 0.188 e. The molecule has 126 valence electrons. The SMILES string of the molecule is COCc1nc(C(C)O)sc1-c1csc(Nc2ccc(C)cn2)n1. The van der Waals surface area contributed by atoms with Crippen molar-refractivity contribution in [1.82, 2.24) is 15.0 Å². The number of pyridine rings is 1. The zero-order chi connectivity index (χ0) is 17.1. The van der Waals surface area contributed by atoms with Gasteiger partial charge < -0.3 is 15.2 Å². The summed E-state index contributed by atoms with van der Waals surface area (Å²) in [4.78, 5) is 14.3. The van der Waals surface area contributed by atoms with Gasteiger partial charge in [-0.2, -0.15) is 0 Å². The number of thiazole rings is 2. The quantitative estimate of drug-likeness (QED) is 0.692. The molecule has 3 heterocycles. The van der Waals surface area contributed by atoms with Crippen LogP contribution in [0.2, 0.25) is 0 Å². The third-order valence-corrected chi connectivity index (χ3v) is 5.28. The first kappa shape index (κ1) is 17.0. The summed E-state index contributed by atoms with van der Waals surface area (Å²) in [7, 11) is 1.63. The number of aliphatic hydroxyl groups excluding tert-OH is 1. The van der Waals surface area contributed by atoms with Gasteiger partial charge in [-0.25, -0.2) is 15.0 Å². The van der Waals surface area contributed by atoms with Crippen molar-refractivity contribution in [3.8, 4) is 10.6 Å². The molecule has 3 rings (SSSR count). The van der Waals surface area contributed by atoms with Crippen molar-refractivity contribution in [3.63, 3.8) is 0 Å². The molecule has 0 fully saturated rings. The standard InChI is InChI=1S/C16H18N4O2S2/c1-9-4-5-13(17-6-9)20-16-19-12(8-23-16)14-11(7-22-3)18-15(24-14)10(2)21/h4-6,8,10,21H,7H2,1-3H3,(H,17,19,20). The van der Waals surface area contributed by atoms with Crippen molar-refractivity contribution < 1.29 is 9.84 Å². The summed E-state index contributed by atoms with van der Waals surface area (Å²) in [6.07, 6.45) is 1.21. The largest absolute Gasteiger partial charge is 0.386 e. The Bertz CT molecular complexity index is 812. The molecule has 3 aromatic rings. The molecule has 0 aliphatic carbocycles. The molecule has 1 atom stereocenters. The Morgan fingerprint density at radius 3 is 2.83 bits per heavy atom. The molecular formula is C16H18N4O2S2. The molecule has 0 aliphatic rings. The van der Waals surface area contributed by atoms with E-state index in [0.29, 0.717) is 11.6 Å². The Hall–Kier alpha value is -1.87. The lowest BCUT2D eigenvalue weighted by atomic mass is 10.3. The molecule has 2 N–H and O–H groups in total. The van der Waals surface area contributed by atoms with Crippen LogP contribution in [0.5, 0.6) is 0 Å². The number of aromatic nitrogens is 3. The lowest BCUT2D eigenvalue weighted by Crippen LogP contribution is -1.94. The van der Waals surface area contributed by atoms with Gasteiger partial charge in [0.1, 0.15) is 16.9 Å². The number of ether oxygens (including phenoxy) is 1. The Labute approximate surface area is 148 Å². The third kappa shape index (κ3) is 3.78. The van der Waals surface area contributed by atoms with E-state index < -0.39 is 6.10 Å². The predicted octanol–water partition coefficient (Wildman–Crippen LogP) is 3.91. The van der Waals surface area contributed by atoms with Gasteiger partial charge in [0.05, 0.1) is 22.9 Å². The average Bonchev–Trinajstić information content (AvgIpc) is 3.17. The van der Waals surface area contributed by atoms with Gasteiger partial charge in [-0.05, 0) is 25.5 Å². The van der Waals surface area contributed by atoms with Crippen LogP contribution in [-0.2, 0) is 11.3 Å². The minimum Gasteiger partial charge on any atom is -0.386 e. The number of methoxy groups -OCH3 is 1. The number of hydrogen-bond donors (Lipinski definition) is 2. The first-order chi connectivity index (χ1) is 11.6. The van der Waals surface area contributed by atoms with Crippen LogP contribution >= 0.6 is 22.7 Å². The fraction of sp³-hybridized carbons (Fsp3) is 0.312. The fourth-order valence-electron chi connectivity index (χ4n) is 2.07. The van der Waals surface area contributed by atoms with Gasteiger partial charge in [-0.3, -0.25) is 0 Å². The molecule has 6 nitrogen and oxygen atoms in total. The zero-order valence-electron chi connectivity index (χ0n) is 13.6. The van der Waals surface area contributed by atoms with Crippen LogP contribution in [-0.4, -0.2) is 27.2 Å². The highest BCUT2D eigenvalue weighted by molar-refractivity contribution is 7.17. The minimum absolute atomic E-state index is 0.387. The number of aliphatic hydroxyl groups is 1. The van der Waals surface area contributed by atoms with Gasteiger partial charge in [0, 0.05) is 18.7 Å². The van der Waals surface area contributed by atoms with Gasteiger partial charge in [-0.1, -0.05) is 6.07 Å². The van der Waals surface area contributed by atoms with Gasteiger partial charge in [0.2, 0.25) is 0 Å². The van der Waals surface area contributed by atoms with E-state index in [0.717, 1.165) is 32.8 Å². The lowest BCUT2D eigenvalue weighted by molar-refractivity contribution is 0.179. The Morgan fingerprint density at radius 1 is 1.33 bits per heavy atom. The van der Waals surface area contributed by atoms with E-state index in [1.54, 1.807) is 14.0 Å². The Morgan fingerprint density at radius 2 is 2.17 bits per heavy atom. The van der Waals surface area contributed by atoms with Crippen LogP contribution in [0.15, 0.2) is 23.7 Å². The maximum absolute atomic E-state index is 9.77. The van der Waals surface area contributed by atoms with Crippen molar-refractivity contribution in [2.24, 2.45) is 0 Å². The van der Waals surface area contributed by atoms with Crippen LogP contribution < -0.4 is 5.32 Å². The van der Waals surface area contributed by atoms with Gasteiger partial charge in [-0.15, -0.1) is 22.7 Å². The number of rotatable bonds is 6. The summed E-state index contributed by atoms with van der Waals surface area (Å²) < 4.78 is 5.21. The second-order valence-corrected chi connectivity index (χ2v) is 7.21. The molecular weight excluding hydrogens is 344 g/mol. The molecule has 24 heavy (non-hydrogen) atoms. The van der Waals surface area contributed by atoms with E-state index in [1.165, 1.54) is 22.7 Å². The average molecular weight is 362 g/mol. The highest BCUT2D eigenvalue weighted by Crippen LogP contribution is 2.35. The summed E-state index contributed by atoms with van der Waals surface area (Å²) in [5.74, 6) is 0.757. The fourth-order valence-corrected chi connectivity index (χ4v) is 3.82. The van der Waals surface area contributed by atoms with Crippen molar-refractivity contribution in [2.45, 2.75) is 26.6 Å².